The average Bonchev–Trinajstić information content (AvgIpc) is 2.35. The normalized spacial score (nSPS) is 11.1. The fourth-order valence-corrected chi connectivity index (χ4v) is 2.73. The fourth-order valence-electron chi connectivity index (χ4n) is 1.95. The molecule has 0 aliphatic rings. The lowest BCUT2D eigenvalue weighted by molar-refractivity contribution is -0.144. The van der Waals surface area contributed by atoms with Gasteiger partial charge in [-0.05, 0) is 51.5 Å². The maximum absolute atomic E-state index is 11.6. The van der Waals surface area contributed by atoms with E-state index in [2.05, 4.69) is 24.0 Å². The van der Waals surface area contributed by atoms with Crippen LogP contribution in [0.1, 0.15) is 25.0 Å². The van der Waals surface area contributed by atoms with Crippen LogP contribution in [0.15, 0.2) is 29.3 Å². The molecule has 0 aliphatic carbocycles. The molecule has 0 N–H and O–H groups in total. The number of hydrogen-bond acceptors (Lipinski definition) is 4. The second-order valence-electron chi connectivity index (χ2n) is 5.13. The van der Waals surface area contributed by atoms with Crippen LogP contribution in [0.5, 0.6) is 0 Å². The molecule has 20 heavy (non-hydrogen) atoms. The van der Waals surface area contributed by atoms with Gasteiger partial charge in [-0.25, -0.2) is 4.98 Å². The lowest BCUT2D eigenvalue weighted by Crippen LogP contribution is -2.13. The van der Waals surface area contributed by atoms with Crippen LogP contribution in [-0.4, -0.2) is 22.8 Å². The highest BCUT2D eigenvalue weighted by molar-refractivity contribution is 7.99. The first-order valence-electron chi connectivity index (χ1n) is 6.66. The Balaban J connectivity index is 2.16. The van der Waals surface area contributed by atoms with Crippen molar-refractivity contribution in [2.45, 2.75) is 38.8 Å². The number of esters is 1. The summed E-state index contributed by atoms with van der Waals surface area (Å²) in [6.45, 7) is 7.79. The number of fused-ring (bicyclic) bond motifs is 1. The Bertz CT molecular complexity index is 638. The summed E-state index contributed by atoms with van der Waals surface area (Å²) in [4.78, 5) is 16.2. The molecule has 0 atom stereocenters. The van der Waals surface area contributed by atoms with Crippen molar-refractivity contribution in [1.29, 1.82) is 0 Å². The minimum atomic E-state index is -0.199. The van der Waals surface area contributed by atoms with E-state index in [1.54, 1.807) is 0 Å². The lowest BCUT2D eigenvalue weighted by atomic mass is 10.1. The fraction of sp³-hybridized carbons (Fsp3) is 0.375. The molecule has 0 bridgehead atoms. The van der Waals surface area contributed by atoms with Crippen LogP contribution in [0.2, 0.25) is 0 Å². The van der Waals surface area contributed by atoms with Crippen LogP contribution < -0.4 is 0 Å². The highest BCUT2D eigenvalue weighted by Crippen LogP contribution is 2.25. The van der Waals surface area contributed by atoms with Crippen molar-refractivity contribution in [3.63, 3.8) is 0 Å². The molecule has 0 radical (unpaired) electrons. The Kier molecular flexibility index (Phi) is 4.65. The van der Waals surface area contributed by atoms with E-state index in [1.165, 1.54) is 17.3 Å². The SMILES string of the molecule is Cc1ccc2nc(SCC(=O)OC(C)C)c(C)cc2c1. The van der Waals surface area contributed by atoms with Gasteiger partial charge in [0.2, 0.25) is 0 Å². The van der Waals surface area contributed by atoms with Crippen LogP contribution in [0.3, 0.4) is 0 Å². The number of ether oxygens (including phenoxy) is 1. The monoisotopic (exact) mass is 289 g/mol. The van der Waals surface area contributed by atoms with E-state index in [1.807, 2.05) is 32.9 Å². The summed E-state index contributed by atoms with van der Waals surface area (Å²) < 4.78 is 5.13. The summed E-state index contributed by atoms with van der Waals surface area (Å²) in [5.74, 6) is 0.0961. The zero-order valence-electron chi connectivity index (χ0n) is 12.3. The molecule has 1 aromatic heterocycles. The topological polar surface area (TPSA) is 39.2 Å². The van der Waals surface area contributed by atoms with Gasteiger partial charge in [0, 0.05) is 5.39 Å². The van der Waals surface area contributed by atoms with Crippen molar-refractivity contribution < 1.29 is 9.53 Å². The van der Waals surface area contributed by atoms with Gasteiger partial charge in [0.15, 0.2) is 0 Å². The summed E-state index contributed by atoms with van der Waals surface area (Å²) in [5, 5.41) is 2.03. The molecule has 2 aromatic rings. The van der Waals surface area contributed by atoms with Gasteiger partial charge < -0.3 is 4.74 Å². The van der Waals surface area contributed by atoms with E-state index in [4.69, 9.17) is 4.74 Å². The number of aryl methyl sites for hydroxylation is 2. The van der Waals surface area contributed by atoms with Gasteiger partial charge in [-0.15, -0.1) is 0 Å². The molecule has 2 rings (SSSR count). The minimum absolute atomic E-state index is 0.0725. The van der Waals surface area contributed by atoms with Crippen molar-refractivity contribution in [1.82, 2.24) is 4.98 Å². The summed E-state index contributed by atoms with van der Waals surface area (Å²) in [7, 11) is 0. The first kappa shape index (κ1) is 14.9. The van der Waals surface area contributed by atoms with Crippen LogP contribution in [0.25, 0.3) is 10.9 Å². The number of nitrogens with zero attached hydrogens (tertiary/aromatic N) is 1. The molecule has 0 saturated carbocycles. The standard InChI is InChI=1S/C16H19NO2S/c1-10(2)19-15(18)9-20-16-12(4)8-13-7-11(3)5-6-14(13)17-16/h5-8,10H,9H2,1-4H3. The second kappa shape index (κ2) is 6.27. The summed E-state index contributed by atoms with van der Waals surface area (Å²) in [6, 6.07) is 8.30. The number of thioether (sulfide) groups is 1. The predicted molar refractivity (Wildman–Crippen MR) is 83.2 cm³/mol. The van der Waals surface area contributed by atoms with Gasteiger partial charge in [0.25, 0.3) is 0 Å². The van der Waals surface area contributed by atoms with Gasteiger partial charge in [-0.3, -0.25) is 4.79 Å². The largest absolute Gasteiger partial charge is 0.462 e. The van der Waals surface area contributed by atoms with E-state index in [-0.39, 0.29) is 12.1 Å². The molecule has 0 saturated heterocycles. The minimum Gasteiger partial charge on any atom is -0.462 e. The first-order chi connectivity index (χ1) is 9.45. The Morgan fingerprint density at radius 2 is 2.05 bits per heavy atom. The van der Waals surface area contributed by atoms with Gasteiger partial charge in [0.05, 0.1) is 17.4 Å². The Morgan fingerprint density at radius 1 is 1.30 bits per heavy atom. The zero-order chi connectivity index (χ0) is 14.7. The van der Waals surface area contributed by atoms with E-state index in [0.29, 0.717) is 5.75 Å². The third-order valence-corrected chi connectivity index (χ3v) is 3.88. The van der Waals surface area contributed by atoms with Gasteiger partial charge >= 0.3 is 5.97 Å². The van der Waals surface area contributed by atoms with Crippen molar-refractivity contribution >= 4 is 28.6 Å². The maximum atomic E-state index is 11.6. The van der Waals surface area contributed by atoms with Crippen LogP contribution in [0, 0.1) is 13.8 Å². The zero-order valence-corrected chi connectivity index (χ0v) is 13.1. The smallest absolute Gasteiger partial charge is 0.316 e. The Labute approximate surface area is 123 Å². The number of hydrogen-bond donors (Lipinski definition) is 0. The Hall–Kier alpha value is -1.55. The number of pyridine rings is 1. The van der Waals surface area contributed by atoms with E-state index < -0.39 is 0 Å². The summed E-state index contributed by atoms with van der Waals surface area (Å²) >= 11 is 1.43. The molecule has 0 aliphatic heterocycles. The molecule has 0 amide bonds. The van der Waals surface area contributed by atoms with Crippen molar-refractivity contribution in [3.05, 3.63) is 35.4 Å². The Morgan fingerprint density at radius 3 is 2.75 bits per heavy atom. The average molecular weight is 289 g/mol. The number of aromatic nitrogens is 1. The van der Waals surface area contributed by atoms with Crippen LogP contribution >= 0.6 is 11.8 Å². The van der Waals surface area contributed by atoms with E-state index in [0.717, 1.165) is 21.5 Å². The molecular weight excluding hydrogens is 270 g/mol. The highest BCUT2D eigenvalue weighted by atomic mass is 32.2. The van der Waals surface area contributed by atoms with E-state index in [9.17, 15) is 4.79 Å². The number of rotatable bonds is 4. The summed E-state index contributed by atoms with van der Waals surface area (Å²) in [5.41, 5.74) is 3.27. The number of benzene rings is 1. The third kappa shape index (κ3) is 3.73. The number of carbonyl (C=O) groups is 1. The van der Waals surface area contributed by atoms with Crippen LogP contribution in [0.4, 0.5) is 0 Å². The first-order valence-corrected chi connectivity index (χ1v) is 7.64. The highest BCUT2D eigenvalue weighted by Gasteiger charge is 2.10. The van der Waals surface area contributed by atoms with Gasteiger partial charge in [0.1, 0.15) is 5.03 Å². The molecular formula is C16H19NO2S. The molecule has 3 nitrogen and oxygen atoms in total. The molecule has 0 fully saturated rings. The quantitative estimate of drug-likeness (QED) is 0.632. The van der Waals surface area contributed by atoms with Gasteiger partial charge in [-0.2, -0.15) is 0 Å². The third-order valence-electron chi connectivity index (χ3n) is 2.81. The van der Waals surface area contributed by atoms with Crippen molar-refractivity contribution in [2.75, 3.05) is 5.75 Å². The summed E-state index contributed by atoms with van der Waals surface area (Å²) in [6.07, 6.45) is -0.0725. The van der Waals surface area contributed by atoms with Crippen molar-refractivity contribution in [3.8, 4) is 0 Å². The molecule has 1 heterocycles. The van der Waals surface area contributed by atoms with Gasteiger partial charge in [-0.1, -0.05) is 23.4 Å². The molecule has 106 valence electrons. The predicted octanol–water partition coefficient (Wildman–Crippen LogP) is 3.90. The number of carbonyl (C=O) groups excluding carboxylic acids is 1. The molecule has 4 heteroatoms. The molecule has 0 spiro atoms. The second-order valence-corrected chi connectivity index (χ2v) is 6.10. The maximum Gasteiger partial charge on any atom is 0.316 e. The van der Waals surface area contributed by atoms with E-state index >= 15 is 0 Å². The molecule has 0 unspecified atom stereocenters. The van der Waals surface area contributed by atoms with Crippen molar-refractivity contribution in [2.24, 2.45) is 0 Å². The molecule has 1 aromatic carbocycles. The van der Waals surface area contributed by atoms with Crippen LogP contribution in [-0.2, 0) is 9.53 Å². The lowest BCUT2D eigenvalue weighted by Gasteiger charge is -2.09.